The van der Waals surface area contributed by atoms with Gasteiger partial charge in [0, 0.05) is 16.1 Å². The molecule has 2 heterocycles. The van der Waals surface area contributed by atoms with Crippen molar-refractivity contribution in [3.8, 4) is 0 Å². The molecule has 6 nitrogen and oxygen atoms in total. The minimum Gasteiger partial charge on any atom is -0.406 e. The molecule has 1 unspecified atom stereocenters. The minimum absolute atomic E-state index is 0.292. The van der Waals surface area contributed by atoms with Gasteiger partial charge in [-0.25, -0.2) is 0 Å². The van der Waals surface area contributed by atoms with E-state index in [9.17, 15) is 0 Å². The predicted molar refractivity (Wildman–Crippen MR) is 79.6 cm³/mol. The molecule has 0 radical (unpaired) electrons. The van der Waals surface area contributed by atoms with E-state index in [1.807, 2.05) is 24.3 Å². The fourth-order valence-corrected chi connectivity index (χ4v) is 2.17. The molecular weight excluding hydrogens is 322 g/mol. The molecule has 0 saturated heterocycles. The molecule has 102 valence electrons. The predicted octanol–water partition coefficient (Wildman–Crippen LogP) is 3.14. The topological polar surface area (TPSA) is 89.9 Å². The molecule has 3 aromatic rings. The standard InChI is InChI=1S/C13H12BrN5O/c1-7(15)12-18-19-13(20-12)17-10-4-2-3-8-5-9(14)6-16-11(8)10/h2-7H,15H2,1H3,(H,17,19). The quantitative estimate of drug-likeness (QED) is 0.765. The van der Waals surface area contributed by atoms with Crippen LogP contribution in [-0.2, 0) is 0 Å². The van der Waals surface area contributed by atoms with Crippen LogP contribution in [0.25, 0.3) is 10.9 Å². The van der Waals surface area contributed by atoms with Gasteiger partial charge in [-0.2, -0.15) is 0 Å². The SMILES string of the molecule is CC(N)c1nnc(Nc2cccc3cc(Br)cnc23)o1. The van der Waals surface area contributed by atoms with Crippen LogP contribution in [0.4, 0.5) is 11.7 Å². The Labute approximate surface area is 123 Å². The number of nitrogens with one attached hydrogen (secondary N) is 1. The number of fused-ring (bicyclic) bond motifs is 1. The van der Waals surface area contributed by atoms with E-state index in [4.69, 9.17) is 10.2 Å². The van der Waals surface area contributed by atoms with E-state index in [1.165, 1.54) is 0 Å². The first-order valence-corrected chi connectivity index (χ1v) is 6.83. The smallest absolute Gasteiger partial charge is 0.320 e. The summed E-state index contributed by atoms with van der Waals surface area (Å²) in [5.41, 5.74) is 7.32. The Kier molecular flexibility index (Phi) is 3.37. The normalized spacial score (nSPS) is 12.6. The number of hydrogen-bond acceptors (Lipinski definition) is 6. The highest BCUT2D eigenvalue weighted by molar-refractivity contribution is 9.10. The second kappa shape index (κ2) is 5.18. The van der Waals surface area contributed by atoms with Crippen LogP contribution in [0, 0.1) is 0 Å². The van der Waals surface area contributed by atoms with Crippen LogP contribution in [-0.4, -0.2) is 15.2 Å². The lowest BCUT2D eigenvalue weighted by atomic mass is 10.2. The summed E-state index contributed by atoms with van der Waals surface area (Å²) in [5.74, 6) is 0.392. The minimum atomic E-state index is -0.292. The van der Waals surface area contributed by atoms with Gasteiger partial charge in [-0.3, -0.25) is 4.98 Å². The Morgan fingerprint density at radius 2 is 2.20 bits per heavy atom. The average Bonchev–Trinajstić information content (AvgIpc) is 2.87. The number of halogens is 1. The van der Waals surface area contributed by atoms with E-state index in [1.54, 1.807) is 13.1 Å². The lowest BCUT2D eigenvalue weighted by molar-refractivity contribution is 0.476. The number of pyridine rings is 1. The molecule has 7 heteroatoms. The third kappa shape index (κ3) is 2.50. The number of nitrogens with two attached hydrogens (primary N) is 1. The third-order valence-corrected chi connectivity index (χ3v) is 3.18. The van der Waals surface area contributed by atoms with Gasteiger partial charge in [0.25, 0.3) is 0 Å². The monoisotopic (exact) mass is 333 g/mol. The third-order valence-electron chi connectivity index (χ3n) is 2.75. The first-order valence-electron chi connectivity index (χ1n) is 6.04. The van der Waals surface area contributed by atoms with Gasteiger partial charge in [0.1, 0.15) is 0 Å². The highest BCUT2D eigenvalue weighted by atomic mass is 79.9. The van der Waals surface area contributed by atoms with Crippen molar-refractivity contribution in [3.05, 3.63) is 40.8 Å². The zero-order valence-electron chi connectivity index (χ0n) is 10.7. The number of para-hydroxylation sites is 1. The van der Waals surface area contributed by atoms with Gasteiger partial charge in [-0.05, 0) is 35.0 Å². The van der Waals surface area contributed by atoms with Crippen LogP contribution in [0.5, 0.6) is 0 Å². The molecule has 0 fully saturated rings. The number of aromatic nitrogens is 3. The molecule has 0 bridgehead atoms. The molecule has 3 N–H and O–H groups in total. The first-order chi connectivity index (χ1) is 9.63. The summed E-state index contributed by atoms with van der Waals surface area (Å²) in [6.45, 7) is 1.79. The Balaban J connectivity index is 1.97. The van der Waals surface area contributed by atoms with Gasteiger partial charge in [-0.15, -0.1) is 5.10 Å². The second-order valence-electron chi connectivity index (χ2n) is 4.39. The van der Waals surface area contributed by atoms with Crippen molar-refractivity contribution in [3.63, 3.8) is 0 Å². The van der Waals surface area contributed by atoms with Gasteiger partial charge in [0.05, 0.1) is 17.2 Å². The number of hydrogen-bond donors (Lipinski definition) is 2. The Morgan fingerprint density at radius 1 is 1.35 bits per heavy atom. The van der Waals surface area contributed by atoms with Crippen molar-refractivity contribution in [1.29, 1.82) is 0 Å². The summed E-state index contributed by atoms with van der Waals surface area (Å²) >= 11 is 3.41. The molecule has 0 spiro atoms. The van der Waals surface area contributed by atoms with Crippen LogP contribution >= 0.6 is 15.9 Å². The van der Waals surface area contributed by atoms with Crippen LogP contribution in [0.3, 0.4) is 0 Å². The van der Waals surface area contributed by atoms with Gasteiger partial charge >= 0.3 is 6.01 Å². The number of rotatable bonds is 3. The van der Waals surface area contributed by atoms with Crippen molar-refractivity contribution in [2.75, 3.05) is 5.32 Å². The average molecular weight is 334 g/mol. The molecule has 3 rings (SSSR count). The van der Waals surface area contributed by atoms with E-state index in [-0.39, 0.29) is 6.04 Å². The largest absolute Gasteiger partial charge is 0.406 e. The maximum atomic E-state index is 5.69. The lowest BCUT2D eigenvalue weighted by Gasteiger charge is -2.05. The molecule has 0 aliphatic heterocycles. The molecule has 1 atom stereocenters. The maximum Gasteiger partial charge on any atom is 0.320 e. The molecule has 0 saturated carbocycles. The van der Waals surface area contributed by atoms with Crippen LogP contribution in [0.15, 0.2) is 39.4 Å². The molecule has 20 heavy (non-hydrogen) atoms. The molecule has 2 aromatic heterocycles. The summed E-state index contributed by atoms with van der Waals surface area (Å²) < 4.78 is 6.36. The Bertz CT molecular complexity index is 755. The van der Waals surface area contributed by atoms with Gasteiger partial charge < -0.3 is 15.5 Å². The lowest BCUT2D eigenvalue weighted by Crippen LogP contribution is -2.04. The molecular formula is C13H12BrN5O. The van der Waals surface area contributed by atoms with Gasteiger partial charge in [-0.1, -0.05) is 17.2 Å². The van der Waals surface area contributed by atoms with Crippen molar-refractivity contribution in [1.82, 2.24) is 15.2 Å². The van der Waals surface area contributed by atoms with Crippen LogP contribution < -0.4 is 11.1 Å². The van der Waals surface area contributed by atoms with Crippen molar-refractivity contribution in [2.24, 2.45) is 5.73 Å². The zero-order chi connectivity index (χ0) is 14.1. The number of anilines is 2. The van der Waals surface area contributed by atoms with Crippen molar-refractivity contribution in [2.45, 2.75) is 13.0 Å². The van der Waals surface area contributed by atoms with E-state index < -0.39 is 0 Å². The molecule has 1 aromatic carbocycles. The molecule has 0 aliphatic carbocycles. The zero-order valence-corrected chi connectivity index (χ0v) is 12.3. The molecule has 0 aliphatic rings. The maximum absolute atomic E-state index is 5.69. The fraction of sp³-hybridized carbons (Fsp3) is 0.154. The van der Waals surface area contributed by atoms with Crippen LogP contribution in [0.1, 0.15) is 18.9 Å². The summed E-state index contributed by atoms with van der Waals surface area (Å²) in [4.78, 5) is 4.39. The van der Waals surface area contributed by atoms with Crippen LogP contribution in [0.2, 0.25) is 0 Å². The van der Waals surface area contributed by atoms with E-state index in [2.05, 4.69) is 36.4 Å². The summed E-state index contributed by atoms with van der Waals surface area (Å²) in [7, 11) is 0. The van der Waals surface area contributed by atoms with Gasteiger partial charge in [0.2, 0.25) is 5.89 Å². The number of nitrogens with zero attached hydrogens (tertiary/aromatic N) is 3. The summed E-state index contributed by atoms with van der Waals surface area (Å²) in [5, 5.41) is 11.9. The first kappa shape index (κ1) is 13.0. The molecule has 0 amide bonds. The highest BCUT2D eigenvalue weighted by Crippen LogP contribution is 2.26. The fourth-order valence-electron chi connectivity index (χ4n) is 1.82. The van der Waals surface area contributed by atoms with Crippen molar-refractivity contribution < 1.29 is 4.42 Å². The van der Waals surface area contributed by atoms with E-state index in [0.717, 1.165) is 21.1 Å². The van der Waals surface area contributed by atoms with Gasteiger partial charge in [0.15, 0.2) is 0 Å². The second-order valence-corrected chi connectivity index (χ2v) is 5.31. The number of benzene rings is 1. The van der Waals surface area contributed by atoms with E-state index >= 15 is 0 Å². The summed E-state index contributed by atoms with van der Waals surface area (Å²) in [6, 6.07) is 7.82. The summed E-state index contributed by atoms with van der Waals surface area (Å²) in [6.07, 6.45) is 1.74. The Hall–Kier alpha value is -1.99. The highest BCUT2D eigenvalue weighted by Gasteiger charge is 2.11. The van der Waals surface area contributed by atoms with E-state index in [0.29, 0.717) is 11.9 Å². The van der Waals surface area contributed by atoms with Crippen molar-refractivity contribution >= 4 is 38.5 Å². The Morgan fingerprint density at radius 3 is 2.95 bits per heavy atom.